The molecule has 2 unspecified atom stereocenters. The van der Waals surface area contributed by atoms with Crippen molar-refractivity contribution in [2.45, 2.75) is 26.9 Å². The lowest BCUT2D eigenvalue weighted by Gasteiger charge is -2.17. The molecule has 0 aromatic carbocycles. The summed E-state index contributed by atoms with van der Waals surface area (Å²) < 4.78 is 36.5. The maximum Gasteiger partial charge on any atom is 0.393 e. The number of hydrogen-bond acceptors (Lipinski definition) is 1. The van der Waals surface area contributed by atoms with Gasteiger partial charge < -0.3 is 4.90 Å². The van der Waals surface area contributed by atoms with Crippen LogP contribution in [0.15, 0.2) is 0 Å². The van der Waals surface area contributed by atoms with E-state index in [1.54, 1.807) is 18.9 Å². The van der Waals surface area contributed by atoms with Gasteiger partial charge in [0.1, 0.15) is 0 Å². The van der Waals surface area contributed by atoms with E-state index in [4.69, 9.17) is 0 Å². The molecule has 1 fully saturated rings. The second-order valence-corrected chi connectivity index (χ2v) is 3.35. The molecule has 2 atom stereocenters. The van der Waals surface area contributed by atoms with Gasteiger partial charge in [0.25, 0.3) is 0 Å². The Labute approximate surface area is 77.9 Å². The fraction of sp³-hybridized carbons (Fsp3) is 1.00. The Morgan fingerprint density at radius 3 is 1.77 bits per heavy atom. The molecular formula is C9H18F3N. The Hall–Kier alpha value is -0.250. The van der Waals surface area contributed by atoms with Crippen molar-refractivity contribution in [3.63, 3.8) is 0 Å². The van der Waals surface area contributed by atoms with Crippen LogP contribution in [0.3, 0.4) is 0 Å². The molecule has 1 nitrogen and oxygen atoms in total. The van der Waals surface area contributed by atoms with Crippen molar-refractivity contribution >= 4 is 0 Å². The summed E-state index contributed by atoms with van der Waals surface area (Å²) in [5, 5.41) is 0. The minimum absolute atomic E-state index is 0.157. The molecule has 1 heterocycles. The quantitative estimate of drug-likeness (QED) is 0.577. The second-order valence-electron chi connectivity index (χ2n) is 3.35. The Bertz CT molecular complexity index is 144. The van der Waals surface area contributed by atoms with Gasteiger partial charge in [0, 0.05) is 13.1 Å². The highest BCUT2D eigenvalue weighted by Crippen LogP contribution is 2.36. The molecule has 0 aliphatic carbocycles. The standard InChI is InChI=1S/C7H12F3N.C2H6/c1-5-3-11(2)4-6(5)7(8,9)10;1-2/h5-6H,3-4H2,1-2H3;1-2H3. The summed E-state index contributed by atoms with van der Waals surface area (Å²) in [5.41, 5.74) is 0. The van der Waals surface area contributed by atoms with E-state index in [1.807, 2.05) is 13.8 Å². The van der Waals surface area contributed by atoms with Gasteiger partial charge in [0.05, 0.1) is 5.92 Å². The lowest BCUT2D eigenvalue weighted by Crippen LogP contribution is -2.28. The van der Waals surface area contributed by atoms with Crippen LogP contribution in [0.25, 0.3) is 0 Å². The fourth-order valence-corrected chi connectivity index (χ4v) is 1.64. The lowest BCUT2D eigenvalue weighted by molar-refractivity contribution is -0.178. The number of alkyl halides is 3. The van der Waals surface area contributed by atoms with Crippen molar-refractivity contribution in [1.29, 1.82) is 0 Å². The van der Waals surface area contributed by atoms with Crippen LogP contribution in [0, 0.1) is 11.8 Å². The molecule has 80 valence electrons. The van der Waals surface area contributed by atoms with E-state index in [2.05, 4.69) is 0 Å². The van der Waals surface area contributed by atoms with Gasteiger partial charge in [-0.15, -0.1) is 0 Å². The zero-order chi connectivity index (χ0) is 10.6. The average molecular weight is 197 g/mol. The molecule has 1 aliphatic rings. The molecule has 0 radical (unpaired) electrons. The predicted molar refractivity (Wildman–Crippen MR) is 47.6 cm³/mol. The van der Waals surface area contributed by atoms with Crippen LogP contribution >= 0.6 is 0 Å². The van der Waals surface area contributed by atoms with Crippen LogP contribution in [0.5, 0.6) is 0 Å². The van der Waals surface area contributed by atoms with Gasteiger partial charge in [0.15, 0.2) is 0 Å². The zero-order valence-electron chi connectivity index (χ0n) is 8.65. The van der Waals surface area contributed by atoms with E-state index >= 15 is 0 Å². The molecule has 0 bridgehead atoms. The molecule has 0 amide bonds. The summed E-state index contributed by atoms with van der Waals surface area (Å²) in [6.45, 7) is 6.37. The molecule has 0 aromatic rings. The first-order chi connectivity index (χ1) is 5.91. The van der Waals surface area contributed by atoms with Crippen molar-refractivity contribution in [3.05, 3.63) is 0 Å². The van der Waals surface area contributed by atoms with Crippen molar-refractivity contribution in [1.82, 2.24) is 4.90 Å². The van der Waals surface area contributed by atoms with E-state index in [9.17, 15) is 13.2 Å². The van der Waals surface area contributed by atoms with Gasteiger partial charge in [-0.2, -0.15) is 13.2 Å². The first-order valence-corrected chi connectivity index (χ1v) is 4.66. The third kappa shape index (κ3) is 3.55. The van der Waals surface area contributed by atoms with Crippen molar-refractivity contribution in [2.75, 3.05) is 20.1 Å². The smallest absolute Gasteiger partial charge is 0.305 e. The van der Waals surface area contributed by atoms with E-state index in [0.717, 1.165) is 0 Å². The highest BCUT2D eigenvalue weighted by atomic mass is 19.4. The highest BCUT2D eigenvalue weighted by Gasteiger charge is 2.46. The maximum atomic E-state index is 12.2. The molecule has 13 heavy (non-hydrogen) atoms. The minimum Gasteiger partial charge on any atom is -0.305 e. The van der Waals surface area contributed by atoms with Crippen molar-refractivity contribution in [2.24, 2.45) is 11.8 Å². The number of rotatable bonds is 0. The Kier molecular flexibility index (Phi) is 4.75. The monoisotopic (exact) mass is 197 g/mol. The molecule has 0 aromatic heterocycles. The van der Waals surface area contributed by atoms with E-state index in [0.29, 0.717) is 6.54 Å². The van der Waals surface area contributed by atoms with Gasteiger partial charge in [-0.05, 0) is 13.0 Å². The first-order valence-electron chi connectivity index (χ1n) is 4.66. The van der Waals surface area contributed by atoms with Crippen LogP contribution in [0.1, 0.15) is 20.8 Å². The summed E-state index contributed by atoms with van der Waals surface area (Å²) in [7, 11) is 1.72. The van der Waals surface area contributed by atoms with Crippen LogP contribution < -0.4 is 0 Å². The largest absolute Gasteiger partial charge is 0.393 e. The van der Waals surface area contributed by atoms with Gasteiger partial charge in [-0.25, -0.2) is 0 Å². The van der Waals surface area contributed by atoms with Gasteiger partial charge >= 0.3 is 6.18 Å². The molecule has 1 rings (SSSR count). The normalized spacial score (nSPS) is 29.8. The van der Waals surface area contributed by atoms with Crippen LogP contribution in [-0.2, 0) is 0 Å². The van der Waals surface area contributed by atoms with E-state index < -0.39 is 12.1 Å². The number of likely N-dealkylation sites (tertiary alicyclic amines) is 1. The summed E-state index contributed by atoms with van der Waals surface area (Å²) in [5.74, 6) is -1.37. The maximum absolute atomic E-state index is 12.2. The summed E-state index contributed by atoms with van der Waals surface area (Å²) in [4.78, 5) is 1.73. The van der Waals surface area contributed by atoms with Crippen LogP contribution in [0.4, 0.5) is 13.2 Å². The Balaban J connectivity index is 0.000000671. The van der Waals surface area contributed by atoms with Crippen LogP contribution in [0.2, 0.25) is 0 Å². The Morgan fingerprint density at radius 1 is 1.15 bits per heavy atom. The van der Waals surface area contributed by atoms with Crippen LogP contribution in [-0.4, -0.2) is 31.2 Å². The number of hydrogen-bond donors (Lipinski definition) is 0. The molecule has 4 heteroatoms. The molecule has 0 spiro atoms. The molecule has 0 N–H and O–H groups in total. The summed E-state index contributed by atoms with van der Waals surface area (Å²) in [6, 6.07) is 0. The SMILES string of the molecule is CC.CC1CN(C)CC1C(F)(F)F. The minimum atomic E-state index is -4.01. The molecular weight excluding hydrogens is 179 g/mol. The van der Waals surface area contributed by atoms with Gasteiger partial charge in [-0.3, -0.25) is 0 Å². The third-order valence-electron chi connectivity index (χ3n) is 2.22. The second kappa shape index (κ2) is 4.84. The van der Waals surface area contributed by atoms with Crippen molar-refractivity contribution < 1.29 is 13.2 Å². The molecule has 0 saturated carbocycles. The Morgan fingerprint density at radius 2 is 1.62 bits per heavy atom. The van der Waals surface area contributed by atoms with Gasteiger partial charge in [-0.1, -0.05) is 20.8 Å². The number of nitrogens with zero attached hydrogens (tertiary/aromatic N) is 1. The fourth-order valence-electron chi connectivity index (χ4n) is 1.64. The molecule has 1 saturated heterocycles. The zero-order valence-corrected chi connectivity index (χ0v) is 8.65. The van der Waals surface area contributed by atoms with E-state index in [1.165, 1.54) is 0 Å². The first kappa shape index (κ1) is 12.8. The summed E-state index contributed by atoms with van der Waals surface area (Å²) in [6.07, 6.45) is -4.01. The van der Waals surface area contributed by atoms with Gasteiger partial charge in [0.2, 0.25) is 0 Å². The third-order valence-corrected chi connectivity index (χ3v) is 2.22. The van der Waals surface area contributed by atoms with Crippen molar-refractivity contribution in [3.8, 4) is 0 Å². The topological polar surface area (TPSA) is 3.24 Å². The number of halogens is 3. The highest BCUT2D eigenvalue weighted by molar-refractivity contribution is 4.83. The summed E-state index contributed by atoms with van der Waals surface area (Å²) >= 11 is 0. The molecule has 1 aliphatic heterocycles. The average Bonchev–Trinajstić information content (AvgIpc) is 2.33. The van der Waals surface area contributed by atoms with E-state index in [-0.39, 0.29) is 12.5 Å². The predicted octanol–water partition coefficient (Wildman–Crippen LogP) is 2.77. The lowest BCUT2D eigenvalue weighted by atomic mass is 9.98.